The van der Waals surface area contributed by atoms with E-state index in [4.69, 9.17) is 9.47 Å². The molecule has 0 saturated heterocycles. The molecule has 0 bridgehead atoms. The molecule has 0 aromatic rings. The Morgan fingerprint density at radius 1 is 1.17 bits per heavy atom. The first-order valence-corrected chi connectivity index (χ1v) is 5.02. The second-order valence-electron chi connectivity index (χ2n) is 3.76. The van der Waals surface area contributed by atoms with Gasteiger partial charge in [0.05, 0.1) is 12.2 Å². The summed E-state index contributed by atoms with van der Waals surface area (Å²) < 4.78 is 10.9. The molecule has 1 rings (SSSR count). The van der Waals surface area contributed by atoms with Crippen LogP contribution in [0, 0.1) is 0 Å². The van der Waals surface area contributed by atoms with Gasteiger partial charge in [-0.15, -0.1) is 0 Å². The number of hydrogen-bond acceptors (Lipinski definition) is 2. The first-order valence-electron chi connectivity index (χ1n) is 5.02. The van der Waals surface area contributed by atoms with Gasteiger partial charge in [0, 0.05) is 0 Å². The topological polar surface area (TPSA) is 18.5 Å². The minimum Gasteiger partial charge on any atom is -0.353 e. The van der Waals surface area contributed by atoms with Gasteiger partial charge in [-0.1, -0.05) is 19.3 Å². The summed E-state index contributed by atoms with van der Waals surface area (Å²) >= 11 is 0. The van der Waals surface area contributed by atoms with E-state index in [1.165, 1.54) is 32.1 Å². The van der Waals surface area contributed by atoms with Gasteiger partial charge in [0.25, 0.3) is 0 Å². The maximum absolute atomic E-state index is 5.57. The lowest BCUT2D eigenvalue weighted by Crippen LogP contribution is -2.19. The fraction of sp³-hybridized carbons (Fsp3) is 1.00. The molecule has 0 unspecified atom stereocenters. The average molecular weight is 172 g/mol. The Morgan fingerprint density at radius 3 is 2.42 bits per heavy atom. The zero-order valence-corrected chi connectivity index (χ0v) is 8.21. The van der Waals surface area contributed by atoms with Crippen LogP contribution in [0.2, 0.25) is 0 Å². The van der Waals surface area contributed by atoms with Gasteiger partial charge in [-0.2, -0.15) is 0 Å². The van der Waals surface area contributed by atoms with Crippen LogP contribution in [0.3, 0.4) is 0 Å². The quantitative estimate of drug-likeness (QED) is 0.607. The van der Waals surface area contributed by atoms with E-state index in [1.807, 2.05) is 13.8 Å². The van der Waals surface area contributed by atoms with E-state index in [0.717, 1.165) is 0 Å². The second-order valence-corrected chi connectivity index (χ2v) is 3.76. The van der Waals surface area contributed by atoms with Crippen molar-refractivity contribution in [3.8, 4) is 0 Å². The van der Waals surface area contributed by atoms with Crippen molar-refractivity contribution in [3.63, 3.8) is 0 Å². The van der Waals surface area contributed by atoms with E-state index in [1.54, 1.807) is 0 Å². The second kappa shape index (κ2) is 5.55. The molecular weight excluding hydrogens is 152 g/mol. The highest BCUT2D eigenvalue weighted by molar-refractivity contribution is 4.64. The smallest absolute Gasteiger partial charge is 0.147 e. The Morgan fingerprint density at radius 2 is 1.83 bits per heavy atom. The molecule has 0 aromatic carbocycles. The largest absolute Gasteiger partial charge is 0.353 e. The highest BCUT2D eigenvalue weighted by Gasteiger charge is 2.13. The van der Waals surface area contributed by atoms with E-state index in [0.29, 0.717) is 12.9 Å². The van der Waals surface area contributed by atoms with Crippen LogP contribution < -0.4 is 0 Å². The maximum Gasteiger partial charge on any atom is 0.147 e. The standard InChI is InChI=1S/C10H20O2/c1-9(2)11-8-12-10-6-4-3-5-7-10/h9-10H,3-8H2,1-2H3. The molecule has 1 saturated carbocycles. The van der Waals surface area contributed by atoms with Crippen molar-refractivity contribution < 1.29 is 9.47 Å². The van der Waals surface area contributed by atoms with E-state index < -0.39 is 0 Å². The van der Waals surface area contributed by atoms with Crippen molar-refractivity contribution in [1.29, 1.82) is 0 Å². The summed E-state index contributed by atoms with van der Waals surface area (Å²) in [5.41, 5.74) is 0. The molecule has 12 heavy (non-hydrogen) atoms. The number of ether oxygens (including phenoxy) is 2. The molecule has 72 valence electrons. The molecule has 0 N–H and O–H groups in total. The molecule has 2 nitrogen and oxygen atoms in total. The Labute approximate surface area is 75.2 Å². The van der Waals surface area contributed by atoms with Crippen molar-refractivity contribution in [2.75, 3.05) is 6.79 Å². The molecule has 1 aliphatic carbocycles. The molecule has 0 radical (unpaired) electrons. The van der Waals surface area contributed by atoms with Crippen LogP contribution >= 0.6 is 0 Å². The summed E-state index contributed by atoms with van der Waals surface area (Å²) in [6.45, 7) is 4.54. The van der Waals surface area contributed by atoms with Gasteiger partial charge < -0.3 is 9.47 Å². The minimum atomic E-state index is 0.286. The van der Waals surface area contributed by atoms with Gasteiger partial charge in [0.15, 0.2) is 0 Å². The van der Waals surface area contributed by atoms with Crippen molar-refractivity contribution in [2.24, 2.45) is 0 Å². The van der Waals surface area contributed by atoms with Crippen molar-refractivity contribution >= 4 is 0 Å². The molecule has 0 amide bonds. The summed E-state index contributed by atoms with van der Waals surface area (Å²) in [7, 11) is 0. The SMILES string of the molecule is CC(C)OCOC1CCCCC1. The van der Waals surface area contributed by atoms with Crippen LogP contribution in [0.5, 0.6) is 0 Å². The number of hydrogen-bond donors (Lipinski definition) is 0. The molecule has 2 heteroatoms. The van der Waals surface area contributed by atoms with Crippen molar-refractivity contribution in [3.05, 3.63) is 0 Å². The summed E-state index contributed by atoms with van der Waals surface area (Å²) in [5, 5.41) is 0. The van der Waals surface area contributed by atoms with Crippen molar-refractivity contribution in [1.82, 2.24) is 0 Å². The average Bonchev–Trinajstić information content (AvgIpc) is 2.05. The first kappa shape index (κ1) is 10.0. The monoisotopic (exact) mass is 172 g/mol. The van der Waals surface area contributed by atoms with Crippen LogP contribution in [0.1, 0.15) is 46.0 Å². The van der Waals surface area contributed by atoms with Crippen LogP contribution in [0.15, 0.2) is 0 Å². The van der Waals surface area contributed by atoms with E-state index in [-0.39, 0.29) is 6.10 Å². The summed E-state index contributed by atoms with van der Waals surface area (Å²) in [5.74, 6) is 0. The lowest BCUT2D eigenvalue weighted by molar-refractivity contribution is -0.116. The van der Waals surface area contributed by atoms with E-state index in [2.05, 4.69) is 0 Å². The predicted octanol–water partition coefficient (Wildman–Crippen LogP) is 2.72. The maximum atomic E-state index is 5.57. The molecule has 1 aliphatic rings. The van der Waals surface area contributed by atoms with Gasteiger partial charge in [-0.3, -0.25) is 0 Å². The number of rotatable bonds is 4. The van der Waals surface area contributed by atoms with Gasteiger partial charge in [-0.05, 0) is 26.7 Å². The molecule has 0 atom stereocenters. The summed E-state index contributed by atoms with van der Waals surface area (Å²) in [6, 6.07) is 0. The van der Waals surface area contributed by atoms with Crippen LogP contribution in [-0.4, -0.2) is 19.0 Å². The van der Waals surface area contributed by atoms with E-state index in [9.17, 15) is 0 Å². The lowest BCUT2D eigenvalue weighted by Gasteiger charge is -2.22. The minimum absolute atomic E-state index is 0.286. The van der Waals surface area contributed by atoms with Crippen LogP contribution in [0.25, 0.3) is 0 Å². The lowest BCUT2D eigenvalue weighted by atomic mass is 9.98. The van der Waals surface area contributed by atoms with Crippen molar-refractivity contribution in [2.45, 2.75) is 58.2 Å². The van der Waals surface area contributed by atoms with Gasteiger partial charge in [0.1, 0.15) is 6.79 Å². The van der Waals surface area contributed by atoms with Crippen LogP contribution in [0.4, 0.5) is 0 Å². The third-order valence-corrected chi connectivity index (χ3v) is 2.26. The highest BCUT2D eigenvalue weighted by atomic mass is 16.7. The Balaban J connectivity index is 1.98. The molecule has 0 heterocycles. The summed E-state index contributed by atoms with van der Waals surface area (Å²) in [6.07, 6.45) is 7.23. The van der Waals surface area contributed by atoms with Gasteiger partial charge >= 0.3 is 0 Å². The normalized spacial score (nSPS) is 20.2. The fourth-order valence-corrected chi connectivity index (χ4v) is 1.50. The Hall–Kier alpha value is -0.0800. The zero-order chi connectivity index (χ0) is 8.81. The van der Waals surface area contributed by atoms with E-state index >= 15 is 0 Å². The third kappa shape index (κ3) is 4.07. The Bertz CT molecular complexity index is 106. The molecule has 0 aromatic heterocycles. The van der Waals surface area contributed by atoms with Gasteiger partial charge in [0.2, 0.25) is 0 Å². The third-order valence-electron chi connectivity index (χ3n) is 2.26. The van der Waals surface area contributed by atoms with Crippen LogP contribution in [-0.2, 0) is 9.47 Å². The summed E-state index contributed by atoms with van der Waals surface area (Å²) in [4.78, 5) is 0. The Kier molecular flexibility index (Phi) is 4.62. The first-order chi connectivity index (χ1) is 5.79. The highest BCUT2D eigenvalue weighted by Crippen LogP contribution is 2.20. The molecule has 0 aliphatic heterocycles. The predicted molar refractivity (Wildman–Crippen MR) is 49.0 cm³/mol. The fourth-order valence-electron chi connectivity index (χ4n) is 1.50. The zero-order valence-electron chi connectivity index (χ0n) is 8.21. The molecular formula is C10H20O2. The molecule has 0 spiro atoms. The molecule has 1 fully saturated rings. The van der Waals surface area contributed by atoms with Gasteiger partial charge in [-0.25, -0.2) is 0 Å².